The van der Waals surface area contributed by atoms with Crippen LogP contribution in [0.2, 0.25) is 0 Å². The number of nitrogens with one attached hydrogen (secondary N) is 2. The topological polar surface area (TPSA) is 81.3 Å². The molecule has 0 aliphatic rings. The molecule has 0 bridgehead atoms. The highest BCUT2D eigenvalue weighted by molar-refractivity contribution is 5.78. The van der Waals surface area contributed by atoms with Crippen molar-refractivity contribution in [1.82, 2.24) is 5.43 Å². The van der Waals surface area contributed by atoms with Crippen molar-refractivity contribution in [2.24, 2.45) is 17.8 Å². The van der Waals surface area contributed by atoms with E-state index < -0.39 is 11.9 Å². The zero-order valence-corrected chi connectivity index (χ0v) is 13.5. The van der Waals surface area contributed by atoms with Crippen molar-refractivity contribution in [2.75, 3.05) is 5.43 Å². The summed E-state index contributed by atoms with van der Waals surface area (Å²) in [5.41, 5.74) is 6.17. The zero-order chi connectivity index (χ0) is 16.5. The predicted octanol–water partition coefficient (Wildman–Crippen LogP) is 1.96. The van der Waals surface area contributed by atoms with Crippen molar-refractivity contribution in [3.05, 3.63) is 30.3 Å². The molecule has 2 atom stereocenters. The second-order valence-electron chi connectivity index (χ2n) is 6.12. The first kappa shape index (κ1) is 18.0. The number of carbonyl (C=O) groups excluding carboxylic acids is 2. The number of hydrogen-bond acceptors (Lipinski definition) is 4. The largest absolute Gasteiger partial charge is 0.550 e. The van der Waals surface area contributed by atoms with Crippen molar-refractivity contribution in [1.29, 1.82) is 0 Å². The van der Waals surface area contributed by atoms with E-state index in [1.54, 1.807) is 6.92 Å². The number of aliphatic carboxylic acids is 1. The zero-order valence-electron chi connectivity index (χ0n) is 13.5. The van der Waals surface area contributed by atoms with Gasteiger partial charge in [0.05, 0.1) is 5.69 Å². The van der Waals surface area contributed by atoms with Gasteiger partial charge in [0.1, 0.15) is 0 Å². The summed E-state index contributed by atoms with van der Waals surface area (Å²) >= 11 is 0. The Hall–Kier alpha value is -2.04. The number of carbonyl (C=O) groups is 2. The molecule has 5 nitrogen and oxygen atoms in total. The summed E-state index contributed by atoms with van der Waals surface area (Å²) in [6.07, 6.45) is 1.50. The lowest BCUT2D eigenvalue weighted by molar-refractivity contribution is -0.313. The van der Waals surface area contributed by atoms with E-state index in [2.05, 4.69) is 10.9 Å². The Bertz CT molecular complexity index is 474. The van der Waals surface area contributed by atoms with Crippen LogP contribution >= 0.6 is 0 Å². The van der Waals surface area contributed by atoms with Crippen LogP contribution in [-0.4, -0.2) is 11.9 Å². The van der Waals surface area contributed by atoms with Gasteiger partial charge in [-0.3, -0.25) is 15.6 Å². The predicted molar refractivity (Wildman–Crippen MR) is 84.6 cm³/mol. The maximum Gasteiger partial charge on any atom is 0.238 e. The Morgan fingerprint density at radius 2 is 1.73 bits per heavy atom. The number of anilines is 1. The van der Waals surface area contributed by atoms with E-state index in [-0.39, 0.29) is 18.2 Å². The number of hydrogen-bond donors (Lipinski definition) is 2. The number of benzene rings is 1. The van der Waals surface area contributed by atoms with Gasteiger partial charge in [0.2, 0.25) is 5.91 Å². The fourth-order valence-electron chi connectivity index (χ4n) is 2.30. The fourth-order valence-corrected chi connectivity index (χ4v) is 2.30. The molecule has 0 spiro atoms. The summed E-state index contributed by atoms with van der Waals surface area (Å²) in [5.74, 6) is -1.72. The first-order valence-corrected chi connectivity index (χ1v) is 7.71. The lowest BCUT2D eigenvalue weighted by Crippen LogP contribution is -2.38. The smallest absolute Gasteiger partial charge is 0.238 e. The minimum Gasteiger partial charge on any atom is -0.550 e. The number of rotatable bonds is 9. The molecule has 5 heteroatoms. The molecule has 0 heterocycles. The van der Waals surface area contributed by atoms with Crippen molar-refractivity contribution in [3.8, 4) is 0 Å². The first-order chi connectivity index (χ1) is 10.4. The maximum atomic E-state index is 11.9. The molecule has 1 rings (SSSR count). The molecule has 1 aromatic rings. The molecule has 0 radical (unpaired) electrons. The molecule has 0 unspecified atom stereocenters. The van der Waals surface area contributed by atoms with Gasteiger partial charge in [-0.05, 0) is 30.4 Å². The van der Waals surface area contributed by atoms with E-state index in [1.807, 2.05) is 44.2 Å². The molecule has 0 fully saturated rings. The standard InChI is InChI=1S/C17H26N2O3/c1-12(2)9-10-15(17(21)22)13(3)11-16(20)19-18-14-7-5-4-6-8-14/h4-8,12-13,15,18H,9-11H2,1-3H3,(H,19,20)(H,21,22)/p-1/t13-,15-/m0/s1. The van der Waals surface area contributed by atoms with E-state index in [0.29, 0.717) is 12.3 Å². The van der Waals surface area contributed by atoms with Crippen molar-refractivity contribution < 1.29 is 14.7 Å². The number of amides is 1. The summed E-state index contributed by atoms with van der Waals surface area (Å²) in [5, 5.41) is 11.3. The molecule has 22 heavy (non-hydrogen) atoms. The van der Waals surface area contributed by atoms with Crippen molar-refractivity contribution in [3.63, 3.8) is 0 Å². The van der Waals surface area contributed by atoms with Gasteiger partial charge in [-0.2, -0.15) is 0 Å². The highest BCUT2D eigenvalue weighted by Gasteiger charge is 2.21. The summed E-state index contributed by atoms with van der Waals surface area (Å²) < 4.78 is 0. The van der Waals surface area contributed by atoms with E-state index in [4.69, 9.17) is 0 Å². The van der Waals surface area contributed by atoms with Gasteiger partial charge in [-0.1, -0.05) is 45.4 Å². The van der Waals surface area contributed by atoms with Crippen LogP contribution in [0.4, 0.5) is 5.69 Å². The van der Waals surface area contributed by atoms with Gasteiger partial charge >= 0.3 is 0 Å². The Morgan fingerprint density at radius 1 is 1.09 bits per heavy atom. The van der Waals surface area contributed by atoms with Crippen LogP contribution < -0.4 is 16.0 Å². The molecule has 0 saturated carbocycles. The quantitative estimate of drug-likeness (QED) is 0.683. The molecule has 2 N–H and O–H groups in total. The normalized spacial score (nSPS) is 13.5. The van der Waals surface area contributed by atoms with Crippen molar-refractivity contribution in [2.45, 2.75) is 40.0 Å². The fraction of sp³-hybridized carbons (Fsp3) is 0.529. The molecule has 0 aliphatic carbocycles. The number of hydrazine groups is 1. The average Bonchev–Trinajstić information content (AvgIpc) is 2.45. The Kier molecular flexibility index (Phi) is 7.43. The Labute approximate surface area is 132 Å². The second kappa shape index (κ2) is 9.07. The minimum absolute atomic E-state index is 0.149. The summed E-state index contributed by atoms with van der Waals surface area (Å²) in [6.45, 7) is 5.88. The van der Waals surface area contributed by atoms with Crippen LogP contribution in [0.15, 0.2) is 30.3 Å². The van der Waals surface area contributed by atoms with Gasteiger partial charge < -0.3 is 9.90 Å². The second-order valence-corrected chi connectivity index (χ2v) is 6.12. The van der Waals surface area contributed by atoms with Crippen LogP contribution in [0, 0.1) is 17.8 Å². The summed E-state index contributed by atoms with van der Waals surface area (Å²) in [7, 11) is 0. The van der Waals surface area contributed by atoms with Gasteiger partial charge in [0.15, 0.2) is 0 Å². The van der Waals surface area contributed by atoms with E-state index in [0.717, 1.165) is 12.1 Å². The van der Waals surface area contributed by atoms with Gasteiger partial charge in [0, 0.05) is 18.3 Å². The molecule has 0 aromatic heterocycles. The highest BCUT2D eigenvalue weighted by atomic mass is 16.4. The van der Waals surface area contributed by atoms with Gasteiger partial charge in [-0.15, -0.1) is 0 Å². The lowest BCUT2D eigenvalue weighted by Gasteiger charge is -2.25. The molecular weight excluding hydrogens is 280 g/mol. The van der Waals surface area contributed by atoms with Crippen LogP contribution in [0.3, 0.4) is 0 Å². The monoisotopic (exact) mass is 305 g/mol. The van der Waals surface area contributed by atoms with E-state index in [1.165, 1.54) is 0 Å². The molecular formula is C17H25N2O3-. The minimum atomic E-state index is -1.07. The SMILES string of the molecule is CC(C)CC[C@H](C(=O)[O-])[C@@H](C)CC(=O)NNc1ccccc1. The third-order valence-electron chi connectivity index (χ3n) is 3.67. The first-order valence-electron chi connectivity index (χ1n) is 7.71. The third kappa shape index (κ3) is 6.61. The molecule has 122 valence electrons. The molecule has 1 aromatic carbocycles. The third-order valence-corrected chi connectivity index (χ3v) is 3.67. The summed E-state index contributed by atoms with van der Waals surface area (Å²) in [4.78, 5) is 23.2. The van der Waals surface area contributed by atoms with Crippen LogP contribution in [0.1, 0.15) is 40.0 Å². The molecule has 0 saturated heterocycles. The highest BCUT2D eigenvalue weighted by Crippen LogP contribution is 2.22. The lowest BCUT2D eigenvalue weighted by atomic mass is 9.85. The number of para-hydroxylation sites is 1. The Balaban J connectivity index is 2.44. The van der Waals surface area contributed by atoms with E-state index >= 15 is 0 Å². The van der Waals surface area contributed by atoms with Crippen molar-refractivity contribution >= 4 is 17.6 Å². The maximum absolute atomic E-state index is 11.9. The van der Waals surface area contributed by atoms with Gasteiger partial charge in [0.25, 0.3) is 0 Å². The van der Waals surface area contributed by atoms with Crippen LogP contribution in [0.5, 0.6) is 0 Å². The Morgan fingerprint density at radius 3 is 2.27 bits per heavy atom. The van der Waals surface area contributed by atoms with Crippen LogP contribution in [-0.2, 0) is 9.59 Å². The molecule has 1 amide bonds. The average molecular weight is 305 g/mol. The molecule has 0 aliphatic heterocycles. The number of carboxylic acid groups (broad SMARTS) is 1. The van der Waals surface area contributed by atoms with Gasteiger partial charge in [-0.25, -0.2) is 0 Å². The van der Waals surface area contributed by atoms with Crippen LogP contribution in [0.25, 0.3) is 0 Å². The summed E-state index contributed by atoms with van der Waals surface area (Å²) in [6, 6.07) is 9.26. The van der Waals surface area contributed by atoms with E-state index in [9.17, 15) is 14.7 Å². The number of carboxylic acids is 1.